The van der Waals surface area contributed by atoms with Crippen molar-refractivity contribution in [1.82, 2.24) is 0 Å². The number of esters is 2. The number of ether oxygens (including phenoxy) is 2. The van der Waals surface area contributed by atoms with Crippen LogP contribution in [0.3, 0.4) is 0 Å². The Labute approximate surface area is 143 Å². The Kier molecular flexibility index (Phi) is 3.28. The third kappa shape index (κ3) is 2.23. The van der Waals surface area contributed by atoms with Gasteiger partial charge in [0.15, 0.2) is 11.5 Å². The second-order valence-corrected chi connectivity index (χ2v) is 6.00. The van der Waals surface area contributed by atoms with Gasteiger partial charge in [-0.2, -0.15) is 0 Å². The van der Waals surface area contributed by atoms with Crippen LogP contribution < -0.4 is 0 Å². The summed E-state index contributed by atoms with van der Waals surface area (Å²) in [5.74, 6) is -0.719. The fourth-order valence-corrected chi connectivity index (χ4v) is 2.86. The van der Waals surface area contributed by atoms with Crippen LogP contribution in [0.5, 0.6) is 0 Å². The molecule has 0 amide bonds. The molecular weight excluding hydrogens is 328 g/mol. The van der Waals surface area contributed by atoms with Crippen molar-refractivity contribution in [2.45, 2.75) is 6.92 Å². The molecule has 0 bridgehead atoms. The highest BCUT2D eigenvalue weighted by atomic mass is 35.5. The Morgan fingerprint density at radius 1 is 0.708 bits per heavy atom. The molecule has 2 heterocycles. The standard InChI is InChI=1S/C19H11ClO4/c1-10-2-4-11(5-3-10)14-16-17(24-18(14)21)15(19(22)23-16)12-6-8-13(20)9-7-12/h2-9H,1H3. The first-order chi connectivity index (χ1) is 11.5. The second-order valence-electron chi connectivity index (χ2n) is 5.56. The minimum Gasteiger partial charge on any atom is -0.418 e. The van der Waals surface area contributed by atoms with E-state index in [0.717, 1.165) is 5.56 Å². The summed E-state index contributed by atoms with van der Waals surface area (Å²) in [5, 5.41) is 0.551. The molecule has 4 nitrogen and oxygen atoms in total. The second kappa shape index (κ2) is 5.35. The van der Waals surface area contributed by atoms with Gasteiger partial charge in [-0.1, -0.05) is 53.6 Å². The van der Waals surface area contributed by atoms with E-state index in [9.17, 15) is 9.59 Å². The number of aryl methyl sites for hydroxylation is 1. The molecule has 0 aliphatic carbocycles. The zero-order chi connectivity index (χ0) is 16.8. The molecule has 0 radical (unpaired) electrons. The van der Waals surface area contributed by atoms with Crippen molar-refractivity contribution in [3.05, 3.63) is 81.8 Å². The summed E-state index contributed by atoms with van der Waals surface area (Å²) in [6, 6.07) is 14.1. The van der Waals surface area contributed by atoms with E-state index in [4.69, 9.17) is 21.1 Å². The molecule has 24 heavy (non-hydrogen) atoms. The van der Waals surface area contributed by atoms with Gasteiger partial charge in [0.2, 0.25) is 0 Å². The van der Waals surface area contributed by atoms with Crippen molar-refractivity contribution in [2.24, 2.45) is 0 Å². The average molecular weight is 339 g/mol. The highest BCUT2D eigenvalue weighted by Gasteiger charge is 2.43. The number of hydrogen-bond donors (Lipinski definition) is 0. The lowest BCUT2D eigenvalue weighted by atomic mass is 10.0. The Morgan fingerprint density at radius 3 is 1.58 bits per heavy atom. The SMILES string of the molecule is Cc1ccc(C2=C3OC(=O)C(c4ccc(Cl)cc4)=C3OC2=O)cc1. The maximum Gasteiger partial charge on any atom is 0.348 e. The summed E-state index contributed by atoms with van der Waals surface area (Å²) in [7, 11) is 0. The number of benzene rings is 2. The molecule has 2 aliphatic rings. The lowest BCUT2D eigenvalue weighted by Gasteiger charge is -2.03. The van der Waals surface area contributed by atoms with Crippen LogP contribution in [0.2, 0.25) is 5.02 Å². The van der Waals surface area contributed by atoms with Crippen LogP contribution in [0, 0.1) is 6.92 Å². The zero-order valence-electron chi connectivity index (χ0n) is 12.6. The number of halogens is 1. The predicted molar refractivity (Wildman–Crippen MR) is 88.7 cm³/mol. The van der Waals surface area contributed by atoms with Crippen LogP contribution >= 0.6 is 11.6 Å². The van der Waals surface area contributed by atoms with E-state index in [0.29, 0.717) is 16.1 Å². The summed E-state index contributed by atoms with van der Waals surface area (Å²) < 4.78 is 10.7. The third-order valence-corrected chi connectivity index (χ3v) is 4.18. The number of fused-ring (bicyclic) bond motifs is 1. The third-order valence-electron chi connectivity index (χ3n) is 3.93. The lowest BCUT2D eigenvalue weighted by molar-refractivity contribution is -0.131. The average Bonchev–Trinajstić information content (AvgIpc) is 3.02. The Hall–Kier alpha value is -2.85. The van der Waals surface area contributed by atoms with Crippen molar-refractivity contribution in [3.8, 4) is 0 Å². The summed E-state index contributed by atoms with van der Waals surface area (Å²) in [5.41, 5.74) is 2.81. The van der Waals surface area contributed by atoms with Crippen LogP contribution in [0.4, 0.5) is 0 Å². The Balaban J connectivity index is 1.88. The van der Waals surface area contributed by atoms with E-state index < -0.39 is 11.9 Å². The monoisotopic (exact) mass is 338 g/mol. The van der Waals surface area contributed by atoms with E-state index in [2.05, 4.69) is 0 Å². The molecule has 0 N–H and O–H groups in total. The molecule has 0 saturated heterocycles. The first kappa shape index (κ1) is 14.7. The van der Waals surface area contributed by atoms with Gasteiger partial charge in [0.25, 0.3) is 0 Å². The summed E-state index contributed by atoms with van der Waals surface area (Å²) in [4.78, 5) is 24.6. The van der Waals surface area contributed by atoms with Crippen LogP contribution in [0.15, 0.2) is 60.0 Å². The van der Waals surface area contributed by atoms with Crippen molar-refractivity contribution in [3.63, 3.8) is 0 Å². The van der Waals surface area contributed by atoms with Gasteiger partial charge < -0.3 is 9.47 Å². The van der Waals surface area contributed by atoms with Crippen LogP contribution in [0.1, 0.15) is 16.7 Å². The fourth-order valence-electron chi connectivity index (χ4n) is 2.73. The topological polar surface area (TPSA) is 52.6 Å². The largest absolute Gasteiger partial charge is 0.418 e. The zero-order valence-corrected chi connectivity index (χ0v) is 13.4. The minimum atomic E-state index is -0.542. The maximum absolute atomic E-state index is 12.3. The molecule has 2 aliphatic heterocycles. The molecule has 0 saturated carbocycles. The first-order valence-corrected chi connectivity index (χ1v) is 7.68. The van der Waals surface area contributed by atoms with Crippen molar-refractivity contribution in [1.29, 1.82) is 0 Å². The predicted octanol–water partition coefficient (Wildman–Crippen LogP) is 3.88. The van der Waals surface area contributed by atoms with Gasteiger partial charge in [0.05, 0.1) is 0 Å². The van der Waals surface area contributed by atoms with E-state index in [1.54, 1.807) is 36.4 Å². The normalized spacial score (nSPS) is 16.4. The summed E-state index contributed by atoms with van der Waals surface area (Å²) in [6.45, 7) is 1.95. The van der Waals surface area contributed by atoms with E-state index in [-0.39, 0.29) is 22.7 Å². The fraction of sp³-hybridized carbons (Fsp3) is 0.0526. The molecule has 0 atom stereocenters. The maximum atomic E-state index is 12.3. The van der Waals surface area contributed by atoms with Gasteiger partial charge in [0, 0.05) is 5.02 Å². The first-order valence-electron chi connectivity index (χ1n) is 7.31. The van der Waals surface area contributed by atoms with Gasteiger partial charge in [-0.15, -0.1) is 0 Å². The molecule has 4 rings (SSSR count). The van der Waals surface area contributed by atoms with Crippen LogP contribution in [0.25, 0.3) is 11.1 Å². The molecular formula is C19H11ClO4. The van der Waals surface area contributed by atoms with Gasteiger partial charge in [-0.3, -0.25) is 0 Å². The van der Waals surface area contributed by atoms with Crippen molar-refractivity contribution < 1.29 is 19.1 Å². The number of carbonyl (C=O) groups is 2. The molecule has 0 spiro atoms. The Morgan fingerprint density at radius 2 is 1.12 bits per heavy atom. The van der Waals surface area contributed by atoms with Gasteiger partial charge >= 0.3 is 11.9 Å². The van der Waals surface area contributed by atoms with Crippen molar-refractivity contribution >= 4 is 34.7 Å². The summed E-state index contributed by atoms with van der Waals surface area (Å²) >= 11 is 5.88. The lowest BCUT2D eigenvalue weighted by Crippen LogP contribution is -2.04. The number of hydrogen-bond acceptors (Lipinski definition) is 4. The molecule has 0 unspecified atom stereocenters. The smallest absolute Gasteiger partial charge is 0.348 e. The van der Waals surface area contributed by atoms with E-state index in [1.807, 2.05) is 19.1 Å². The molecule has 2 aromatic rings. The minimum absolute atomic E-state index is 0.169. The van der Waals surface area contributed by atoms with Gasteiger partial charge in [-0.05, 0) is 30.2 Å². The molecule has 0 fully saturated rings. The summed E-state index contributed by atoms with van der Waals surface area (Å²) in [6.07, 6.45) is 0. The quantitative estimate of drug-likeness (QED) is 0.780. The number of rotatable bonds is 2. The number of carbonyl (C=O) groups excluding carboxylic acids is 2. The Bertz CT molecular complexity index is 855. The highest BCUT2D eigenvalue weighted by Crippen LogP contribution is 2.43. The molecule has 5 heteroatoms. The molecule has 118 valence electrons. The van der Waals surface area contributed by atoms with Crippen molar-refractivity contribution in [2.75, 3.05) is 0 Å². The van der Waals surface area contributed by atoms with E-state index in [1.165, 1.54) is 0 Å². The molecule has 2 aromatic carbocycles. The molecule has 0 aromatic heterocycles. The highest BCUT2D eigenvalue weighted by molar-refractivity contribution is 6.31. The van der Waals surface area contributed by atoms with Gasteiger partial charge in [0.1, 0.15) is 11.1 Å². The van der Waals surface area contributed by atoms with Gasteiger partial charge in [-0.25, -0.2) is 9.59 Å². The van der Waals surface area contributed by atoms with Crippen LogP contribution in [-0.2, 0) is 19.1 Å². The van der Waals surface area contributed by atoms with Crippen LogP contribution in [-0.4, -0.2) is 11.9 Å². The van der Waals surface area contributed by atoms with E-state index >= 15 is 0 Å².